The SMILES string of the molecule is Cc1c(Cl)cc(OC(=O)c2ccc(OCC(C)C)cc2)cc1Cl. The molecule has 0 saturated carbocycles. The summed E-state index contributed by atoms with van der Waals surface area (Å²) in [4.78, 5) is 12.1. The molecule has 3 nitrogen and oxygen atoms in total. The standard InChI is InChI=1S/C18H18Cl2O3/c1-11(2)10-22-14-6-4-13(5-7-14)18(21)23-15-8-16(19)12(3)17(20)9-15/h4-9,11H,10H2,1-3H3. The average molecular weight is 353 g/mol. The minimum atomic E-state index is -0.476. The Morgan fingerprint density at radius 3 is 2.13 bits per heavy atom. The minimum Gasteiger partial charge on any atom is -0.493 e. The molecular weight excluding hydrogens is 335 g/mol. The van der Waals surface area contributed by atoms with E-state index in [1.54, 1.807) is 43.3 Å². The lowest BCUT2D eigenvalue weighted by molar-refractivity contribution is 0.0734. The summed E-state index contributed by atoms with van der Waals surface area (Å²) in [5.74, 6) is 1.000. The summed E-state index contributed by atoms with van der Waals surface area (Å²) < 4.78 is 10.9. The number of hydrogen-bond donors (Lipinski definition) is 0. The van der Waals surface area contributed by atoms with E-state index >= 15 is 0 Å². The minimum absolute atomic E-state index is 0.315. The van der Waals surface area contributed by atoms with Crippen molar-refractivity contribution in [3.05, 3.63) is 57.6 Å². The van der Waals surface area contributed by atoms with Gasteiger partial charge in [-0.25, -0.2) is 4.79 Å². The Labute approximate surface area is 146 Å². The van der Waals surface area contributed by atoms with Crippen LogP contribution in [-0.4, -0.2) is 12.6 Å². The van der Waals surface area contributed by atoms with Gasteiger partial charge in [0.15, 0.2) is 0 Å². The van der Waals surface area contributed by atoms with Gasteiger partial charge in [-0.15, -0.1) is 0 Å². The molecule has 0 unspecified atom stereocenters. The van der Waals surface area contributed by atoms with Crippen molar-refractivity contribution in [2.75, 3.05) is 6.61 Å². The van der Waals surface area contributed by atoms with E-state index in [2.05, 4.69) is 13.8 Å². The maximum Gasteiger partial charge on any atom is 0.343 e. The highest BCUT2D eigenvalue weighted by molar-refractivity contribution is 6.36. The fourth-order valence-corrected chi connectivity index (χ4v) is 2.26. The molecule has 23 heavy (non-hydrogen) atoms. The third-order valence-corrected chi connectivity index (χ3v) is 3.92. The van der Waals surface area contributed by atoms with Crippen LogP contribution in [-0.2, 0) is 0 Å². The van der Waals surface area contributed by atoms with E-state index in [-0.39, 0.29) is 0 Å². The summed E-state index contributed by atoms with van der Waals surface area (Å²) in [6.07, 6.45) is 0. The van der Waals surface area contributed by atoms with Gasteiger partial charge in [0.1, 0.15) is 11.5 Å². The Morgan fingerprint density at radius 2 is 1.61 bits per heavy atom. The van der Waals surface area contributed by atoms with E-state index < -0.39 is 5.97 Å². The lowest BCUT2D eigenvalue weighted by atomic mass is 10.2. The van der Waals surface area contributed by atoms with Crippen LogP contribution >= 0.6 is 23.2 Å². The zero-order chi connectivity index (χ0) is 17.0. The van der Waals surface area contributed by atoms with Crippen molar-refractivity contribution in [1.82, 2.24) is 0 Å². The average Bonchev–Trinajstić information content (AvgIpc) is 2.51. The molecule has 0 bridgehead atoms. The van der Waals surface area contributed by atoms with E-state index in [1.807, 2.05) is 0 Å². The highest BCUT2D eigenvalue weighted by Gasteiger charge is 2.11. The van der Waals surface area contributed by atoms with E-state index in [0.717, 1.165) is 11.3 Å². The molecule has 0 atom stereocenters. The highest BCUT2D eigenvalue weighted by Crippen LogP contribution is 2.29. The molecule has 2 aromatic rings. The van der Waals surface area contributed by atoms with Crippen LogP contribution in [0.15, 0.2) is 36.4 Å². The van der Waals surface area contributed by atoms with Crippen LogP contribution in [0.1, 0.15) is 29.8 Å². The molecule has 122 valence electrons. The van der Waals surface area contributed by atoms with Crippen molar-refractivity contribution in [3.63, 3.8) is 0 Å². The summed E-state index contributed by atoms with van der Waals surface area (Å²) in [5, 5.41) is 0.912. The first kappa shape index (κ1) is 17.6. The first-order valence-electron chi connectivity index (χ1n) is 7.27. The second kappa shape index (κ2) is 7.71. The van der Waals surface area contributed by atoms with Crippen LogP contribution in [0, 0.1) is 12.8 Å². The number of esters is 1. The molecule has 5 heteroatoms. The van der Waals surface area contributed by atoms with E-state index in [9.17, 15) is 4.79 Å². The van der Waals surface area contributed by atoms with Gasteiger partial charge < -0.3 is 9.47 Å². The molecule has 0 aliphatic carbocycles. The van der Waals surface area contributed by atoms with Gasteiger partial charge in [0, 0.05) is 10.0 Å². The second-order valence-electron chi connectivity index (χ2n) is 5.63. The maximum atomic E-state index is 12.1. The van der Waals surface area contributed by atoms with Crippen LogP contribution in [0.2, 0.25) is 10.0 Å². The summed E-state index contributed by atoms with van der Waals surface area (Å²) >= 11 is 12.1. The number of carbonyl (C=O) groups is 1. The zero-order valence-electron chi connectivity index (χ0n) is 13.2. The molecule has 0 saturated heterocycles. The van der Waals surface area contributed by atoms with Crippen molar-refractivity contribution in [2.24, 2.45) is 5.92 Å². The van der Waals surface area contributed by atoms with E-state index in [1.165, 1.54) is 0 Å². The van der Waals surface area contributed by atoms with Crippen LogP contribution in [0.3, 0.4) is 0 Å². The van der Waals surface area contributed by atoms with Crippen molar-refractivity contribution in [3.8, 4) is 11.5 Å². The molecule has 2 aromatic carbocycles. The molecule has 0 aromatic heterocycles. The molecule has 0 aliphatic heterocycles. The van der Waals surface area contributed by atoms with Gasteiger partial charge in [-0.2, -0.15) is 0 Å². The Morgan fingerprint density at radius 1 is 1.04 bits per heavy atom. The Kier molecular flexibility index (Phi) is 5.91. The highest BCUT2D eigenvalue weighted by atomic mass is 35.5. The topological polar surface area (TPSA) is 35.5 Å². The number of rotatable bonds is 5. The van der Waals surface area contributed by atoms with Crippen molar-refractivity contribution in [2.45, 2.75) is 20.8 Å². The Balaban J connectivity index is 2.06. The second-order valence-corrected chi connectivity index (χ2v) is 6.45. The van der Waals surface area contributed by atoms with Crippen molar-refractivity contribution >= 4 is 29.2 Å². The van der Waals surface area contributed by atoms with E-state index in [0.29, 0.717) is 33.9 Å². The molecule has 0 spiro atoms. The summed E-state index contributed by atoms with van der Waals surface area (Å²) in [7, 11) is 0. The fraction of sp³-hybridized carbons (Fsp3) is 0.278. The monoisotopic (exact) mass is 352 g/mol. The first-order valence-corrected chi connectivity index (χ1v) is 8.03. The van der Waals surface area contributed by atoms with Crippen LogP contribution in [0.25, 0.3) is 0 Å². The normalized spacial score (nSPS) is 10.7. The van der Waals surface area contributed by atoms with Gasteiger partial charge in [0.2, 0.25) is 0 Å². The largest absolute Gasteiger partial charge is 0.493 e. The predicted octanol–water partition coefficient (Wildman–Crippen LogP) is 5.56. The zero-order valence-corrected chi connectivity index (χ0v) is 14.7. The fourth-order valence-electron chi connectivity index (χ4n) is 1.80. The number of halogens is 2. The Hall–Kier alpha value is -1.71. The van der Waals surface area contributed by atoms with Gasteiger partial charge in [-0.1, -0.05) is 37.0 Å². The summed E-state index contributed by atoms with van der Waals surface area (Å²) in [6, 6.07) is 9.95. The lowest BCUT2D eigenvalue weighted by Crippen LogP contribution is -2.09. The molecule has 0 heterocycles. The third kappa shape index (κ3) is 4.88. The van der Waals surface area contributed by atoms with Gasteiger partial charge in [-0.05, 0) is 54.8 Å². The number of carbonyl (C=O) groups excluding carboxylic acids is 1. The summed E-state index contributed by atoms with van der Waals surface area (Å²) in [5.41, 5.74) is 1.18. The summed E-state index contributed by atoms with van der Waals surface area (Å²) in [6.45, 7) is 6.57. The maximum absolute atomic E-state index is 12.1. The molecule has 2 rings (SSSR count). The third-order valence-electron chi connectivity index (χ3n) is 3.14. The van der Waals surface area contributed by atoms with Crippen LogP contribution in [0.4, 0.5) is 0 Å². The molecule has 0 aliphatic rings. The molecular formula is C18H18Cl2O3. The quantitative estimate of drug-likeness (QED) is 0.522. The smallest absolute Gasteiger partial charge is 0.343 e. The van der Waals surface area contributed by atoms with Gasteiger partial charge >= 0.3 is 5.97 Å². The lowest BCUT2D eigenvalue weighted by Gasteiger charge is -2.10. The Bertz CT molecular complexity index is 671. The number of ether oxygens (including phenoxy) is 2. The molecule has 0 amide bonds. The van der Waals surface area contributed by atoms with Crippen LogP contribution in [0.5, 0.6) is 11.5 Å². The van der Waals surface area contributed by atoms with Gasteiger partial charge in [0.25, 0.3) is 0 Å². The van der Waals surface area contributed by atoms with Crippen LogP contribution < -0.4 is 9.47 Å². The van der Waals surface area contributed by atoms with Gasteiger partial charge in [-0.3, -0.25) is 0 Å². The van der Waals surface area contributed by atoms with Crippen molar-refractivity contribution < 1.29 is 14.3 Å². The molecule has 0 N–H and O–H groups in total. The number of benzene rings is 2. The first-order chi connectivity index (χ1) is 10.9. The molecule has 0 radical (unpaired) electrons. The predicted molar refractivity (Wildman–Crippen MR) is 92.9 cm³/mol. The number of hydrogen-bond acceptors (Lipinski definition) is 3. The van der Waals surface area contributed by atoms with Gasteiger partial charge in [0.05, 0.1) is 12.2 Å². The molecule has 0 fully saturated rings. The van der Waals surface area contributed by atoms with Crippen molar-refractivity contribution in [1.29, 1.82) is 0 Å². The van der Waals surface area contributed by atoms with E-state index in [4.69, 9.17) is 32.7 Å².